The average Bonchev–Trinajstić information content (AvgIpc) is 2.74. The predicted molar refractivity (Wildman–Crippen MR) is 68.7 cm³/mol. The molecule has 1 aliphatic heterocycles. The Bertz CT molecular complexity index is 529. The molecule has 0 radical (unpaired) electrons. The Morgan fingerprint density at radius 1 is 1.42 bits per heavy atom. The van der Waals surface area contributed by atoms with Gasteiger partial charge in [0.15, 0.2) is 0 Å². The smallest absolute Gasteiger partial charge is 0.326 e. The van der Waals surface area contributed by atoms with Gasteiger partial charge in [0, 0.05) is 18.7 Å². The van der Waals surface area contributed by atoms with Gasteiger partial charge < -0.3 is 20.8 Å². The lowest BCUT2D eigenvalue weighted by Gasteiger charge is -2.22. The number of nitrogen functional groups attached to an aromatic ring is 1. The van der Waals surface area contributed by atoms with Gasteiger partial charge in [-0.2, -0.15) is 0 Å². The highest BCUT2D eigenvalue weighted by Crippen LogP contribution is 2.23. The highest BCUT2D eigenvalue weighted by atomic mass is 16.4. The topological polar surface area (TPSA) is 104 Å². The Morgan fingerprint density at radius 3 is 2.74 bits per heavy atom. The molecule has 6 nitrogen and oxygen atoms in total. The summed E-state index contributed by atoms with van der Waals surface area (Å²) in [4.78, 5) is 24.6. The summed E-state index contributed by atoms with van der Waals surface area (Å²) in [6.45, 7) is 1.84. The Labute approximate surface area is 110 Å². The van der Waals surface area contributed by atoms with Crippen molar-refractivity contribution in [3.63, 3.8) is 0 Å². The summed E-state index contributed by atoms with van der Waals surface area (Å²) in [7, 11) is 0. The number of rotatable bonds is 2. The molecule has 2 atom stereocenters. The number of anilines is 1. The van der Waals surface area contributed by atoms with Crippen molar-refractivity contribution >= 4 is 17.6 Å². The van der Waals surface area contributed by atoms with Gasteiger partial charge in [-0.25, -0.2) is 4.79 Å². The summed E-state index contributed by atoms with van der Waals surface area (Å²) < 4.78 is 0. The number of aryl methyl sites for hydroxylation is 1. The molecule has 102 valence electrons. The van der Waals surface area contributed by atoms with Crippen molar-refractivity contribution in [3.8, 4) is 0 Å². The zero-order chi connectivity index (χ0) is 14.2. The van der Waals surface area contributed by atoms with Crippen LogP contribution >= 0.6 is 0 Å². The van der Waals surface area contributed by atoms with E-state index in [1.807, 2.05) is 6.92 Å². The van der Waals surface area contributed by atoms with Gasteiger partial charge in [-0.15, -0.1) is 0 Å². The molecule has 1 aliphatic rings. The van der Waals surface area contributed by atoms with E-state index >= 15 is 0 Å². The second-order valence-corrected chi connectivity index (χ2v) is 4.79. The van der Waals surface area contributed by atoms with Gasteiger partial charge in [-0.3, -0.25) is 4.79 Å². The molecule has 0 saturated carbocycles. The third-order valence-electron chi connectivity index (χ3n) is 3.26. The Kier molecular flexibility index (Phi) is 3.44. The molecule has 6 heteroatoms. The fourth-order valence-electron chi connectivity index (χ4n) is 2.28. The quantitative estimate of drug-likeness (QED) is 0.664. The maximum Gasteiger partial charge on any atom is 0.326 e. The minimum atomic E-state index is -1.11. The zero-order valence-electron chi connectivity index (χ0n) is 10.5. The van der Waals surface area contributed by atoms with Crippen LogP contribution in [0.15, 0.2) is 18.2 Å². The number of benzene rings is 1. The average molecular weight is 264 g/mol. The van der Waals surface area contributed by atoms with Crippen LogP contribution in [-0.4, -0.2) is 45.7 Å². The Balaban J connectivity index is 2.33. The number of hydrogen-bond acceptors (Lipinski definition) is 4. The number of nitrogens with two attached hydrogens (primary N) is 1. The van der Waals surface area contributed by atoms with Crippen LogP contribution in [0.25, 0.3) is 0 Å². The Hall–Kier alpha value is -2.08. The van der Waals surface area contributed by atoms with Crippen molar-refractivity contribution in [2.75, 3.05) is 12.3 Å². The van der Waals surface area contributed by atoms with Crippen molar-refractivity contribution in [2.24, 2.45) is 0 Å². The molecule has 1 saturated heterocycles. The Morgan fingerprint density at radius 2 is 2.11 bits per heavy atom. The highest BCUT2D eigenvalue weighted by Gasteiger charge is 2.39. The van der Waals surface area contributed by atoms with Crippen LogP contribution in [-0.2, 0) is 4.79 Å². The van der Waals surface area contributed by atoms with Gasteiger partial charge in [0.1, 0.15) is 6.04 Å². The number of aliphatic hydroxyl groups is 1. The van der Waals surface area contributed by atoms with Crippen molar-refractivity contribution in [3.05, 3.63) is 29.3 Å². The minimum Gasteiger partial charge on any atom is -0.480 e. The fraction of sp³-hybridized carbons (Fsp3) is 0.385. The molecule has 0 aromatic heterocycles. The maximum atomic E-state index is 12.4. The molecule has 0 bridgehead atoms. The van der Waals surface area contributed by atoms with Crippen molar-refractivity contribution in [2.45, 2.75) is 25.5 Å². The number of aliphatic carboxylic acids is 1. The van der Waals surface area contributed by atoms with E-state index in [-0.39, 0.29) is 18.5 Å². The summed E-state index contributed by atoms with van der Waals surface area (Å²) >= 11 is 0. The summed E-state index contributed by atoms with van der Waals surface area (Å²) in [6.07, 6.45) is -0.761. The van der Waals surface area contributed by atoms with Gasteiger partial charge in [0.25, 0.3) is 5.91 Å². The molecule has 0 spiro atoms. The van der Waals surface area contributed by atoms with E-state index in [2.05, 4.69) is 0 Å². The van der Waals surface area contributed by atoms with Crippen LogP contribution in [0, 0.1) is 6.92 Å². The van der Waals surface area contributed by atoms with Gasteiger partial charge in [0.05, 0.1) is 11.7 Å². The van der Waals surface area contributed by atoms with Crippen LogP contribution in [0.1, 0.15) is 22.3 Å². The molecule has 1 heterocycles. The normalized spacial score (nSPS) is 22.5. The van der Waals surface area contributed by atoms with Gasteiger partial charge >= 0.3 is 5.97 Å². The number of likely N-dealkylation sites (tertiary alicyclic amines) is 1. The fourth-order valence-corrected chi connectivity index (χ4v) is 2.28. The number of β-amino-alcohol motifs (C(OH)–C–C–N with tert-alkyl or cyclic N) is 1. The summed E-state index contributed by atoms with van der Waals surface area (Å²) in [6, 6.07) is 4.02. The predicted octanol–water partition coefficient (Wildman–Crippen LogP) is 0.237. The van der Waals surface area contributed by atoms with Gasteiger partial charge in [-0.05, 0) is 19.1 Å². The second kappa shape index (κ2) is 4.89. The molecule has 1 aromatic rings. The lowest BCUT2D eigenvalue weighted by Crippen LogP contribution is -2.40. The zero-order valence-corrected chi connectivity index (χ0v) is 10.5. The number of nitrogens with zero attached hydrogens (tertiary/aromatic N) is 1. The van der Waals surface area contributed by atoms with Crippen LogP contribution in [0.3, 0.4) is 0 Å². The highest BCUT2D eigenvalue weighted by molar-refractivity contribution is 6.01. The first-order valence-corrected chi connectivity index (χ1v) is 5.98. The molecular formula is C13H16N2O4. The minimum absolute atomic E-state index is 0.0170. The van der Waals surface area contributed by atoms with E-state index in [1.165, 1.54) is 0 Å². The molecule has 2 rings (SSSR count). The van der Waals surface area contributed by atoms with E-state index in [4.69, 9.17) is 10.8 Å². The maximum absolute atomic E-state index is 12.4. The lowest BCUT2D eigenvalue weighted by atomic mass is 10.1. The van der Waals surface area contributed by atoms with E-state index in [9.17, 15) is 14.7 Å². The summed E-state index contributed by atoms with van der Waals surface area (Å²) in [5.41, 5.74) is 7.21. The first kappa shape index (κ1) is 13.4. The first-order chi connectivity index (χ1) is 8.90. The number of aliphatic hydroxyl groups excluding tert-OH is 1. The first-order valence-electron chi connectivity index (χ1n) is 5.98. The number of amides is 1. The summed E-state index contributed by atoms with van der Waals surface area (Å²) in [5.74, 6) is -1.57. The molecule has 4 N–H and O–H groups in total. The van der Waals surface area contributed by atoms with E-state index in [1.54, 1.807) is 18.2 Å². The monoisotopic (exact) mass is 264 g/mol. The SMILES string of the molecule is Cc1ccc(N)c(C(=O)N2C[C@H](O)C[C@@H]2C(=O)O)c1. The number of hydrogen-bond donors (Lipinski definition) is 3. The largest absolute Gasteiger partial charge is 0.480 e. The van der Waals surface area contributed by atoms with Crippen molar-refractivity contribution in [1.82, 2.24) is 4.90 Å². The second-order valence-electron chi connectivity index (χ2n) is 4.79. The number of carbonyl (C=O) groups excluding carboxylic acids is 1. The molecule has 1 aromatic carbocycles. The number of carboxylic acids is 1. The van der Waals surface area contributed by atoms with Crippen molar-refractivity contribution in [1.29, 1.82) is 0 Å². The van der Waals surface area contributed by atoms with E-state index < -0.39 is 24.0 Å². The standard InChI is InChI=1S/C13H16N2O4/c1-7-2-3-10(14)9(4-7)12(17)15-6-8(16)5-11(15)13(18)19/h2-4,8,11,16H,5-6,14H2,1H3,(H,18,19)/t8-,11-/m1/s1. The van der Waals surface area contributed by atoms with Gasteiger partial charge in [-0.1, -0.05) is 11.6 Å². The van der Waals surface area contributed by atoms with Crippen LogP contribution < -0.4 is 5.73 Å². The molecule has 0 unspecified atom stereocenters. The van der Waals surface area contributed by atoms with E-state index in [0.717, 1.165) is 10.5 Å². The number of carbonyl (C=O) groups is 2. The lowest BCUT2D eigenvalue weighted by molar-refractivity contribution is -0.141. The van der Waals surface area contributed by atoms with Crippen LogP contribution in [0.2, 0.25) is 0 Å². The molecule has 19 heavy (non-hydrogen) atoms. The third-order valence-corrected chi connectivity index (χ3v) is 3.26. The third kappa shape index (κ3) is 2.53. The van der Waals surface area contributed by atoms with Gasteiger partial charge in [0.2, 0.25) is 0 Å². The molecule has 0 aliphatic carbocycles. The number of carboxylic acid groups (broad SMARTS) is 1. The van der Waals surface area contributed by atoms with Crippen molar-refractivity contribution < 1.29 is 19.8 Å². The van der Waals surface area contributed by atoms with Crippen LogP contribution in [0.4, 0.5) is 5.69 Å². The van der Waals surface area contributed by atoms with Crippen LogP contribution in [0.5, 0.6) is 0 Å². The van der Waals surface area contributed by atoms with E-state index in [0.29, 0.717) is 5.69 Å². The summed E-state index contributed by atoms with van der Waals surface area (Å²) in [5, 5.41) is 18.6. The molecular weight excluding hydrogens is 248 g/mol. The molecule has 1 amide bonds. The molecule has 1 fully saturated rings.